The molecule has 0 aliphatic heterocycles. The maximum absolute atomic E-state index is 12.8. The van der Waals surface area contributed by atoms with E-state index in [1.54, 1.807) is 0 Å². The summed E-state index contributed by atoms with van der Waals surface area (Å²) in [6.07, 6.45) is -0.246. The summed E-state index contributed by atoms with van der Waals surface area (Å²) in [5.74, 6) is -1.34. The van der Waals surface area contributed by atoms with Gasteiger partial charge in [0.05, 0.1) is 0 Å². The summed E-state index contributed by atoms with van der Waals surface area (Å²) in [6, 6.07) is 26.6. The quantitative estimate of drug-likeness (QED) is 0.164. The molecule has 3 aromatic rings. The Labute approximate surface area is 233 Å². The number of ether oxygens (including phenoxy) is 3. The average molecular weight is 547 g/mol. The standard InChI is InChI=1S/C31H34N2O7/c34-28(32-20-10-17-29(35)38-21-24-11-4-1-5-12-24)19-18-27(30(36)39-22-25-13-6-2-7-14-25)33-31(37)40-23-26-15-8-3-9-16-26/h1-9,11-16,27H,10,17-23H2,(H,32,34)(H,33,37)/t27-/m0/s1. The van der Waals surface area contributed by atoms with Crippen LogP contribution in [0.2, 0.25) is 0 Å². The highest BCUT2D eigenvalue weighted by molar-refractivity contribution is 5.83. The van der Waals surface area contributed by atoms with Gasteiger partial charge in [0, 0.05) is 19.4 Å². The third kappa shape index (κ3) is 11.8. The second-order valence-corrected chi connectivity index (χ2v) is 8.99. The van der Waals surface area contributed by atoms with E-state index < -0.39 is 18.1 Å². The number of carbonyl (C=O) groups is 4. The van der Waals surface area contributed by atoms with Crippen molar-refractivity contribution in [3.63, 3.8) is 0 Å². The van der Waals surface area contributed by atoms with Crippen LogP contribution in [0, 0.1) is 0 Å². The fourth-order valence-electron chi connectivity index (χ4n) is 3.62. The van der Waals surface area contributed by atoms with E-state index in [1.807, 2.05) is 91.0 Å². The lowest BCUT2D eigenvalue weighted by Gasteiger charge is -2.18. The fourth-order valence-corrected chi connectivity index (χ4v) is 3.62. The van der Waals surface area contributed by atoms with Crippen LogP contribution in [0.3, 0.4) is 0 Å². The first-order chi connectivity index (χ1) is 19.5. The highest BCUT2D eigenvalue weighted by Crippen LogP contribution is 2.08. The Kier molecular flexibility index (Phi) is 12.7. The maximum atomic E-state index is 12.8. The summed E-state index contributed by atoms with van der Waals surface area (Å²) in [7, 11) is 0. The Hall–Kier alpha value is -4.66. The third-order valence-electron chi connectivity index (χ3n) is 5.80. The smallest absolute Gasteiger partial charge is 0.408 e. The van der Waals surface area contributed by atoms with E-state index in [0.717, 1.165) is 16.7 Å². The van der Waals surface area contributed by atoms with Gasteiger partial charge in [-0.1, -0.05) is 91.0 Å². The van der Waals surface area contributed by atoms with Gasteiger partial charge in [-0.15, -0.1) is 0 Å². The number of carbonyl (C=O) groups excluding carboxylic acids is 4. The number of amides is 2. The lowest BCUT2D eigenvalue weighted by atomic mass is 10.1. The molecule has 0 spiro atoms. The molecule has 0 aliphatic carbocycles. The van der Waals surface area contributed by atoms with Crippen molar-refractivity contribution in [1.29, 1.82) is 0 Å². The summed E-state index contributed by atoms with van der Waals surface area (Å²) in [4.78, 5) is 49.4. The predicted molar refractivity (Wildman–Crippen MR) is 148 cm³/mol. The zero-order chi connectivity index (χ0) is 28.4. The van der Waals surface area contributed by atoms with Crippen molar-refractivity contribution in [1.82, 2.24) is 10.6 Å². The monoisotopic (exact) mass is 546 g/mol. The number of nitrogens with one attached hydrogen (secondary N) is 2. The predicted octanol–water partition coefficient (Wildman–Crippen LogP) is 4.44. The molecule has 0 aromatic heterocycles. The van der Waals surface area contributed by atoms with Gasteiger partial charge in [-0.25, -0.2) is 9.59 Å². The van der Waals surface area contributed by atoms with Crippen molar-refractivity contribution >= 4 is 23.9 Å². The molecule has 0 saturated carbocycles. The molecule has 3 rings (SSSR count). The van der Waals surface area contributed by atoms with Gasteiger partial charge in [0.25, 0.3) is 0 Å². The maximum Gasteiger partial charge on any atom is 0.408 e. The number of esters is 2. The van der Waals surface area contributed by atoms with E-state index in [2.05, 4.69) is 10.6 Å². The molecule has 2 N–H and O–H groups in total. The molecule has 1 atom stereocenters. The molecule has 0 aliphatic rings. The van der Waals surface area contributed by atoms with E-state index in [-0.39, 0.29) is 57.5 Å². The summed E-state index contributed by atoms with van der Waals surface area (Å²) in [5.41, 5.74) is 2.49. The summed E-state index contributed by atoms with van der Waals surface area (Å²) >= 11 is 0. The topological polar surface area (TPSA) is 120 Å². The number of benzene rings is 3. The minimum absolute atomic E-state index is 0.0129. The average Bonchev–Trinajstić information content (AvgIpc) is 2.99. The Morgan fingerprint density at radius 3 is 1.68 bits per heavy atom. The van der Waals surface area contributed by atoms with Gasteiger partial charge in [0.15, 0.2) is 0 Å². The van der Waals surface area contributed by atoms with Crippen molar-refractivity contribution in [3.05, 3.63) is 108 Å². The highest BCUT2D eigenvalue weighted by atomic mass is 16.6. The van der Waals surface area contributed by atoms with Crippen molar-refractivity contribution in [2.24, 2.45) is 0 Å². The van der Waals surface area contributed by atoms with Crippen LogP contribution < -0.4 is 10.6 Å². The zero-order valence-electron chi connectivity index (χ0n) is 22.3. The molecule has 210 valence electrons. The largest absolute Gasteiger partial charge is 0.461 e. The fraction of sp³-hybridized carbons (Fsp3) is 0.290. The molecule has 0 saturated heterocycles. The van der Waals surface area contributed by atoms with E-state index in [0.29, 0.717) is 6.42 Å². The van der Waals surface area contributed by atoms with Crippen LogP contribution in [0.1, 0.15) is 42.4 Å². The second-order valence-electron chi connectivity index (χ2n) is 8.99. The van der Waals surface area contributed by atoms with Gasteiger partial charge in [-0.05, 0) is 29.5 Å². The minimum atomic E-state index is -1.08. The zero-order valence-corrected chi connectivity index (χ0v) is 22.3. The first kappa shape index (κ1) is 29.9. The van der Waals surface area contributed by atoms with Crippen LogP contribution in [-0.2, 0) is 48.4 Å². The van der Waals surface area contributed by atoms with Crippen molar-refractivity contribution in [2.45, 2.75) is 51.5 Å². The summed E-state index contributed by atoms with van der Waals surface area (Å²) < 4.78 is 15.8. The van der Waals surface area contributed by atoms with E-state index in [4.69, 9.17) is 14.2 Å². The SMILES string of the molecule is O=C(CC[C@H](NC(=O)OCc1ccccc1)C(=O)OCc1ccccc1)NCCCC(=O)OCc1ccccc1. The molecular formula is C31H34N2O7. The lowest BCUT2D eigenvalue weighted by molar-refractivity contribution is -0.148. The molecular weight excluding hydrogens is 512 g/mol. The second kappa shape index (κ2) is 17.0. The van der Waals surface area contributed by atoms with E-state index >= 15 is 0 Å². The first-order valence-corrected chi connectivity index (χ1v) is 13.1. The van der Waals surface area contributed by atoms with E-state index in [9.17, 15) is 19.2 Å². The van der Waals surface area contributed by atoms with Gasteiger partial charge >= 0.3 is 18.0 Å². The molecule has 9 nitrogen and oxygen atoms in total. The number of rotatable bonds is 15. The summed E-state index contributed by atoms with van der Waals surface area (Å²) in [6.45, 7) is 0.541. The number of hydrogen-bond donors (Lipinski definition) is 2. The van der Waals surface area contributed by atoms with Crippen LogP contribution in [0.5, 0.6) is 0 Å². The number of alkyl carbamates (subject to hydrolysis) is 1. The molecule has 0 heterocycles. The normalized spacial score (nSPS) is 11.1. The molecule has 3 aromatic carbocycles. The molecule has 9 heteroatoms. The van der Waals surface area contributed by atoms with Crippen molar-refractivity contribution in [2.75, 3.05) is 6.54 Å². The van der Waals surface area contributed by atoms with Gasteiger partial charge in [-0.3, -0.25) is 9.59 Å². The molecule has 0 unspecified atom stereocenters. The Bertz CT molecular complexity index is 1200. The van der Waals surface area contributed by atoms with Crippen molar-refractivity contribution < 1.29 is 33.4 Å². The van der Waals surface area contributed by atoms with Crippen LogP contribution in [0.4, 0.5) is 4.79 Å². The Balaban J connectivity index is 1.41. The molecule has 40 heavy (non-hydrogen) atoms. The van der Waals surface area contributed by atoms with Crippen LogP contribution >= 0.6 is 0 Å². The van der Waals surface area contributed by atoms with Gasteiger partial charge < -0.3 is 24.8 Å². The van der Waals surface area contributed by atoms with Crippen LogP contribution in [0.25, 0.3) is 0 Å². The molecule has 0 bridgehead atoms. The Morgan fingerprint density at radius 2 is 1.12 bits per heavy atom. The lowest BCUT2D eigenvalue weighted by Crippen LogP contribution is -2.43. The van der Waals surface area contributed by atoms with Gasteiger partial charge in [0.1, 0.15) is 25.9 Å². The first-order valence-electron chi connectivity index (χ1n) is 13.1. The van der Waals surface area contributed by atoms with Crippen LogP contribution in [-0.4, -0.2) is 36.5 Å². The highest BCUT2D eigenvalue weighted by Gasteiger charge is 2.24. The van der Waals surface area contributed by atoms with Crippen LogP contribution in [0.15, 0.2) is 91.0 Å². The van der Waals surface area contributed by atoms with Gasteiger partial charge in [0.2, 0.25) is 5.91 Å². The number of hydrogen-bond acceptors (Lipinski definition) is 7. The molecule has 0 radical (unpaired) electrons. The van der Waals surface area contributed by atoms with Crippen molar-refractivity contribution in [3.8, 4) is 0 Å². The summed E-state index contributed by atoms with van der Waals surface area (Å²) in [5, 5.41) is 5.23. The Morgan fingerprint density at radius 1 is 0.625 bits per heavy atom. The molecule has 0 fully saturated rings. The molecule has 2 amide bonds. The minimum Gasteiger partial charge on any atom is -0.461 e. The van der Waals surface area contributed by atoms with Gasteiger partial charge in [-0.2, -0.15) is 0 Å². The van der Waals surface area contributed by atoms with E-state index in [1.165, 1.54) is 0 Å². The third-order valence-corrected chi connectivity index (χ3v) is 5.80.